The topological polar surface area (TPSA) is 70.2 Å². The highest BCUT2D eigenvalue weighted by Crippen LogP contribution is 2.29. The minimum atomic E-state index is -0.238. The first-order valence-corrected chi connectivity index (χ1v) is 9.55. The van der Waals surface area contributed by atoms with Crippen LogP contribution in [0.25, 0.3) is 0 Å². The van der Waals surface area contributed by atoms with Crippen molar-refractivity contribution in [3.8, 4) is 0 Å². The second-order valence-electron chi connectivity index (χ2n) is 7.41. The second-order valence-corrected chi connectivity index (χ2v) is 7.41. The third-order valence-corrected chi connectivity index (χ3v) is 5.54. The van der Waals surface area contributed by atoms with E-state index in [1.807, 2.05) is 12.1 Å². The summed E-state index contributed by atoms with van der Waals surface area (Å²) in [6.45, 7) is 2.20. The summed E-state index contributed by atoms with van der Waals surface area (Å²) >= 11 is 0. The average molecular weight is 343 g/mol. The molecule has 1 fully saturated rings. The number of hydrogen-bond acceptors (Lipinski definition) is 2. The minimum Gasteiger partial charge on any atom is -0.348 e. The van der Waals surface area contributed by atoms with Gasteiger partial charge >= 0.3 is 6.03 Å². The molecule has 0 aromatic heterocycles. The fourth-order valence-electron chi connectivity index (χ4n) is 4.06. The molecule has 2 aliphatic carbocycles. The molecule has 2 aliphatic rings. The van der Waals surface area contributed by atoms with E-state index in [0.717, 1.165) is 38.5 Å². The van der Waals surface area contributed by atoms with E-state index in [2.05, 4.69) is 35.0 Å². The molecule has 5 nitrogen and oxygen atoms in total. The maximum atomic E-state index is 12.2. The van der Waals surface area contributed by atoms with Crippen LogP contribution in [0.2, 0.25) is 0 Å². The van der Waals surface area contributed by atoms with Crippen LogP contribution in [-0.4, -0.2) is 24.5 Å². The predicted molar refractivity (Wildman–Crippen MR) is 98.2 cm³/mol. The van der Waals surface area contributed by atoms with Gasteiger partial charge in [-0.1, -0.05) is 44.0 Å². The Morgan fingerprint density at radius 2 is 1.84 bits per heavy atom. The highest BCUT2D eigenvalue weighted by molar-refractivity contribution is 5.84. The quantitative estimate of drug-likeness (QED) is 0.786. The fraction of sp³-hybridized carbons (Fsp3) is 0.600. The molecule has 1 aromatic rings. The van der Waals surface area contributed by atoms with Gasteiger partial charge in [-0.15, -0.1) is 0 Å². The molecule has 0 heterocycles. The van der Waals surface area contributed by atoms with Gasteiger partial charge in [0.2, 0.25) is 5.91 Å². The maximum absolute atomic E-state index is 12.2. The first-order chi connectivity index (χ1) is 12.1. The normalized spacial score (nSPS) is 25.6. The zero-order chi connectivity index (χ0) is 17.6. The smallest absolute Gasteiger partial charge is 0.315 e. The van der Waals surface area contributed by atoms with E-state index in [4.69, 9.17) is 0 Å². The van der Waals surface area contributed by atoms with Gasteiger partial charge in [-0.2, -0.15) is 0 Å². The third-order valence-electron chi connectivity index (χ3n) is 5.54. The van der Waals surface area contributed by atoms with Crippen LogP contribution in [0.3, 0.4) is 0 Å². The van der Waals surface area contributed by atoms with Crippen LogP contribution in [0, 0.1) is 5.92 Å². The number of hydrogen-bond donors (Lipinski definition) is 3. The van der Waals surface area contributed by atoms with Crippen LogP contribution < -0.4 is 16.0 Å². The van der Waals surface area contributed by atoms with Gasteiger partial charge < -0.3 is 16.0 Å². The predicted octanol–water partition coefficient (Wildman–Crippen LogP) is 3.06. The molecule has 0 aliphatic heterocycles. The van der Waals surface area contributed by atoms with E-state index < -0.39 is 0 Å². The van der Waals surface area contributed by atoms with E-state index >= 15 is 0 Å². The van der Waals surface area contributed by atoms with Crippen LogP contribution in [-0.2, 0) is 11.2 Å². The SMILES string of the molecule is CC1CCCCC1NC(=O)NCC(=O)NC1CCCc2ccccc21. The van der Waals surface area contributed by atoms with Gasteiger partial charge in [0.15, 0.2) is 0 Å². The molecule has 3 unspecified atom stereocenters. The van der Waals surface area contributed by atoms with Gasteiger partial charge in [-0.05, 0) is 49.1 Å². The van der Waals surface area contributed by atoms with Crippen LogP contribution in [0.4, 0.5) is 4.79 Å². The Balaban J connectivity index is 1.45. The Morgan fingerprint density at radius 1 is 1.04 bits per heavy atom. The van der Waals surface area contributed by atoms with E-state index in [-0.39, 0.29) is 30.6 Å². The lowest BCUT2D eigenvalue weighted by Crippen LogP contribution is -2.48. The van der Waals surface area contributed by atoms with Crippen molar-refractivity contribution in [1.29, 1.82) is 0 Å². The molecule has 5 heteroatoms. The van der Waals surface area contributed by atoms with Crippen LogP contribution >= 0.6 is 0 Å². The number of benzene rings is 1. The monoisotopic (exact) mass is 343 g/mol. The Hall–Kier alpha value is -2.04. The second kappa shape index (κ2) is 8.37. The minimum absolute atomic E-state index is 0.0194. The molecule has 136 valence electrons. The van der Waals surface area contributed by atoms with Crippen molar-refractivity contribution in [3.63, 3.8) is 0 Å². The van der Waals surface area contributed by atoms with E-state index in [9.17, 15) is 9.59 Å². The van der Waals surface area contributed by atoms with Gasteiger partial charge in [0.1, 0.15) is 0 Å². The third kappa shape index (κ3) is 4.74. The summed E-state index contributed by atoms with van der Waals surface area (Å²) in [4.78, 5) is 24.3. The first kappa shape index (κ1) is 17.8. The molecule has 3 amide bonds. The zero-order valence-corrected chi connectivity index (χ0v) is 15.0. The Labute approximate surface area is 150 Å². The van der Waals surface area contributed by atoms with Crippen molar-refractivity contribution in [2.45, 2.75) is 64.0 Å². The number of urea groups is 1. The molecule has 0 spiro atoms. The average Bonchev–Trinajstić information content (AvgIpc) is 2.62. The highest BCUT2D eigenvalue weighted by Gasteiger charge is 2.24. The number of nitrogens with one attached hydrogen (secondary N) is 3. The maximum Gasteiger partial charge on any atom is 0.315 e. The summed E-state index contributed by atoms with van der Waals surface area (Å²) in [5, 5.41) is 8.78. The lowest BCUT2D eigenvalue weighted by Gasteiger charge is -2.29. The Kier molecular flexibility index (Phi) is 5.95. The first-order valence-electron chi connectivity index (χ1n) is 9.55. The van der Waals surface area contributed by atoms with Gasteiger partial charge in [0.25, 0.3) is 0 Å². The van der Waals surface area contributed by atoms with Crippen molar-refractivity contribution in [3.05, 3.63) is 35.4 Å². The van der Waals surface area contributed by atoms with Crippen LogP contribution in [0.15, 0.2) is 24.3 Å². The van der Waals surface area contributed by atoms with Gasteiger partial charge in [-0.3, -0.25) is 4.79 Å². The van der Waals surface area contributed by atoms with Crippen molar-refractivity contribution in [2.24, 2.45) is 5.92 Å². The van der Waals surface area contributed by atoms with E-state index in [1.165, 1.54) is 17.5 Å². The number of carbonyl (C=O) groups is 2. The number of rotatable bonds is 4. The molecular formula is C20H29N3O2. The Morgan fingerprint density at radius 3 is 2.68 bits per heavy atom. The number of carbonyl (C=O) groups excluding carboxylic acids is 2. The van der Waals surface area contributed by atoms with Crippen molar-refractivity contribution in [2.75, 3.05) is 6.54 Å². The van der Waals surface area contributed by atoms with Crippen LogP contribution in [0.1, 0.15) is 62.6 Å². The summed E-state index contributed by atoms with van der Waals surface area (Å²) < 4.78 is 0. The molecule has 3 rings (SSSR count). The summed E-state index contributed by atoms with van der Waals surface area (Å²) in [5.74, 6) is 0.376. The summed E-state index contributed by atoms with van der Waals surface area (Å²) in [6, 6.07) is 8.32. The molecule has 25 heavy (non-hydrogen) atoms. The molecule has 0 bridgehead atoms. The van der Waals surface area contributed by atoms with Crippen molar-refractivity contribution in [1.82, 2.24) is 16.0 Å². The molecule has 0 radical (unpaired) electrons. The zero-order valence-electron chi connectivity index (χ0n) is 15.0. The summed E-state index contributed by atoms with van der Waals surface area (Å²) in [5.41, 5.74) is 2.53. The van der Waals surface area contributed by atoms with E-state index in [1.54, 1.807) is 0 Å². The lowest BCUT2D eigenvalue weighted by atomic mass is 9.86. The largest absolute Gasteiger partial charge is 0.348 e. The molecule has 3 atom stereocenters. The van der Waals surface area contributed by atoms with Gasteiger partial charge in [0, 0.05) is 6.04 Å². The fourth-order valence-corrected chi connectivity index (χ4v) is 4.06. The van der Waals surface area contributed by atoms with Gasteiger partial charge in [-0.25, -0.2) is 4.79 Å². The molecule has 1 aromatic carbocycles. The highest BCUT2D eigenvalue weighted by atomic mass is 16.2. The molecular weight excluding hydrogens is 314 g/mol. The van der Waals surface area contributed by atoms with Crippen molar-refractivity contribution < 1.29 is 9.59 Å². The van der Waals surface area contributed by atoms with E-state index in [0.29, 0.717) is 5.92 Å². The standard InChI is InChI=1S/C20H29N3O2/c1-14-7-2-5-11-17(14)23-20(25)21-13-19(24)22-18-12-6-9-15-8-3-4-10-16(15)18/h3-4,8,10,14,17-18H,2,5-7,9,11-13H2,1H3,(H,22,24)(H2,21,23,25). The van der Waals surface area contributed by atoms with Crippen molar-refractivity contribution >= 4 is 11.9 Å². The molecule has 3 N–H and O–H groups in total. The van der Waals surface area contributed by atoms with Crippen LogP contribution in [0.5, 0.6) is 0 Å². The number of amides is 3. The molecule has 1 saturated carbocycles. The number of aryl methyl sites for hydroxylation is 1. The number of fused-ring (bicyclic) bond motifs is 1. The lowest BCUT2D eigenvalue weighted by molar-refractivity contribution is -0.120. The summed E-state index contributed by atoms with van der Waals surface area (Å²) in [6.07, 6.45) is 7.70. The Bertz CT molecular complexity index is 617. The summed E-state index contributed by atoms with van der Waals surface area (Å²) in [7, 11) is 0. The molecule has 0 saturated heterocycles. The van der Waals surface area contributed by atoms with Gasteiger partial charge in [0.05, 0.1) is 12.6 Å².